The lowest BCUT2D eigenvalue weighted by Crippen LogP contribution is -2.49. The van der Waals surface area contributed by atoms with E-state index in [2.05, 4.69) is 44.4 Å². The van der Waals surface area contributed by atoms with Crippen LogP contribution in [0.3, 0.4) is 0 Å². The smallest absolute Gasteiger partial charge is 0.404 e. The maximum Gasteiger partial charge on any atom is 0.404 e. The van der Waals surface area contributed by atoms with Crippen LogP contribution in [0.2, 0.25) is 0 Å². The topological polar surface area (TPSA) is 113 Å². The van der Waals surface area contributed by atoms with E-state index in [1.807, 2.05) is 18.2 Å². The summed E-state index contributed by atoms with van der Waals surface area (Å²) >= 11 is 0. The fraction of sp³-hybridized carbons (Fsp3) is 0.444. The number of hydrogen-bond acceptors (Lipinski definition) is 6. The summed E-state index contributed by atoms with van der Waals surface area (Å²) in [7, 11) is 0. The fourth-order valence-electron chi connectivity index (χ4n) is 7.83. The molecule has 2 aliphatic carbocycles. The molecule has 4 aromatic rings. The van der Waals surface area contributed by atoms with Crippen molar-refractivity contribution >= 4 is 17.1 Å². The van der Waals surface area contributed by atoms with E-state index < -0.39 is 29.2 Å². The first-order valence-corrected chi connectivity index (χ1v) is 16.8. The number of benzene rings is 2. The molecule has 2 N–H and O–H groups in total. The molecule has 2 aromatic carbocycles. The second kappa shape index (κ2) is 13.4. The fourth-order valence-corrected chi connectivity index (χ4v) is 7.83. The molecule has 2 saturated carbocycles. The number of nitrogens with zero attached hydrogens (tertiary/aromatic N) is 5. The Labute approximate surface area is 272 Å². The van der Waals surface area contributed by atoms with E-state index in [9.17, 15) is 18.8 Å². The average Bonchev–Trinajstić information content (AvgIpc) is 3.62. The third kappa shape index (κ3) is 6.59. The molecule has 0 bridgehead atoms. The SMILES string of the molecule is O=C(O)N[C@H]1CC[C@@H](n2c(=O)c3cc(F)cnc3n(-c3cccc(-c4ccc(CN5CCN(C6CCCC6)CC5)cc4)c3)c2=O)CC1. The van der Waals surface area contributed by atoms with Gasteiger partial charge < -0.3 is 10.4 Å². The Morgan fingerprint density at radius 3 is 2.30 bits per heavy atom. The molecule has 0 radical (unpaired) electrons. The molecule has 1 saturated heterocycles. The number of fused-ring (bicyclic) bond motifs is 1. The first kappa shape index (κ1) is 31.3. The Bertz CT molecular complexity index is 1870. The first-order chi connectivity index (χ1) is 22.8. The lowest BCUT2D eigenvalue weighted by Gasteiger charge is -2.38. The lowest BCUT2D eigenvalue weighted by atomic mass is 9.91. The highest BCUT2D eigenvalue weighted by Gasteiger charge is 2.28. The zero-order valence-corrected chi connectivity index (χ0v) is 26.5. The van der Waals surface area contributed by atoms with Gasteiger partial charge in [0.25, 0.3) is 5.56 Å². The van der Waals surface area contributed by atoms with Crippen molar-refractivity contribution in [2.24, 2.45) is 0 Å². The van der Waals surface area contributed by atoms with Gasteiger partial charge in [0.15, 0.2) is 5.65 Å². The number of amides is 1. The Morgan fingerprint density at radius 2 is 1.60 bits per heavy atom. The van der Waals surface area contributed by atoms with Crippen LogP contribution in [0.1, 0.15) is 63.0 Å². The van der Waals surface area contributed by atoms with Gasteiger partial charge in [0.1, 0.15) is 5.82 Å². The molecule has 3 fully saturated rings. The van der Waals surface area contributed by atoms with E-state index in [1.165, 1.54) is 40.4 Å². The van der Waals surface area contributed by atoms with Crippen LogP contribution in [-0.2, 0) is 6.54 Å². The highest BCUT2D eigenvalue weighted by atomic mass is 19.1. The Balaban J connectivity index is 1.14. The predicted molar refractivity (Wildman–Crippen MR) is 179 cm³/mol. The van der Waals surface area contributed by atoms with Gasteiger partial charge in [-0.25, -0.2) is 23.5 Å². The summed E-state index contributed by atoms with van der Waals surface area (Å²) in [6, 6.07) is 17.3. The lowest BCUT2D eigenvalue weighted by molar-refractivity contribution is 0.0937. The third-order valence-electron chi connectivity index (χ3n) is 10.3. The van der Waals surface area contributed by atoms with Gasteiger partial charge in [-0.3, -0.25) is 19.2 Å². The van der Waals surface area contributed by atoms with Crippen molar-refractivity contribution < 1.29 is 14.3 Å². The van der Waals surface area contributed by atoms with Crippen molar-refractivity contribution in [2.45, 2.75) is 76.0 Å². The number of rotatable bonds is 7. The van der Waals surface area contributed by atoms with E-state index in [0.29, 0.717) is 31.4 Å². The number of halogens is 1. The standard InChI is InChI=1S/C36H41FN6O4/c37-27-21-32-33(38-22-27)42(36(47)43(34(32)44)30-14-12-28(13-15-30)39-35(45)46)31-7-3-4-26(20-31)25-10-8-24(9-11-25)23-40-16-18-41(19-17-40)29-5-1-2-6-29/h3-4,7-11,20-22,28-30,39H,1-2,5-6,12-19,23H2,(H,45,46)/t28-,30+. The molecule has 47 heavy (non-hydrogen) atoms. The van der Waals surface area contributed by atoms with E-state index in [0.717, 1.165) is 62.2 Å². The van der Waals surface area contributed by atoms with Gasteiger partial charge in [0.2, 0.25) is 0 Å². The van der Waals surface area contributed by atoms with Crippen LogP contribution in [0.25, 0.3) is 27.8 Å². The average molecular weight is 641 g/mol. The number of pyridine rings is 1. The van der Waals surface area contributed by atoms with Gasteiger partial charge in [-0.2, -0.15) is 0 Å². The molecule has 10 nitrogen and oxygen atoms in total. The number of hydrogen-bond donors (Lipinski definition) is 2. The zero-order valence-electron chi connectivity index (χ0n) is 26.5. The van der Waals surface area contributed by atoms with Crippen molar-refractivity contribution in [3.8, 4) is 16.8 Å². The van der Waals surface area contributed by atoms with Crippen LogP contribution in [0.4, 0.5) is 9.18 Å². The molecule has 3 heterocycles. The van der Waals surface area contributed by atoms with Crippen LogP contribution in [-0.4, -0.2) is 73.4 Å². The minimum atomic E-state index is -1.09. The van der Waals surface area contributed by atoms with Crippen molar-refractivity contribution in [2.75, 3.05) is 26.2 Å². The molecule has 7 rings (SSSR count). The van der Waals surface area contributed by atoms with Crippen molar-refractivity contribution in [3.63, 3.8) is 0 Å². The second-order valence-corrected chi connectivity index (χ2v) is 13.3. The monoisotopic (exact) mass is 640 g/mol. The molecular formula is C36H41FN6O4. The molecule has 0 atom stereocenters. The summed E-state index contributed by atoms with van der Waals surface area (Å²) in [6.45, 7) is 5.37. The second-order valence-electron chi connectivity index (χ2n) is 13.3. The molecule has 1 amide bonds. The minimum absolute atomic E-state index is 0.0224. The van der Waals surface area contributed by atoms with Gasteiger partial charge in [0.05, 0.1) is 17.3 Å². The summed E-state index contributed by atoms with van der Waals surface area (Å²) in [5.74, 6) is -0.662. The van der Waals surface area contributed by atoms with E-state index in [4.69, 9.17) is 5.11 Å². The zero-order chi connectivity index (χ0) is 32.5. The molecular weight excluding hydrogens is 599 g/mol. The molecule has 11 heteroatoms. The van der Waals surface area contributed by atoms with Gasteiger partial charge in [-0.1, -0.05) is 49.2 Å². The van der Waals surface area contributed by atoms with E-state index >= 15 is 0 Å². The summed E-state index contributed by atoms with van der Waals surface area (Å²) in [5, 5.41) is 11.6. The highest BCUT2D eigenvalue weighted by Crippen LogP contribution is 2.29. The van der Waals surface area contributed by atoms with Crippen LogP contribution in [0.5, 0.6) is 0 Å². The first-order valence-electron chi connectivity index (χ1n) is 16.8. The third-order valence-corrected chi connectivity index (χ3v) is 10.3. The maximum atomic E-state index is 14.4. The summed E-state index contributed by atoms with van der Waals surface area (Å²) < 4.78 is 17.0. The molecule has 0 spiro atoms. The van der Waals surface area contributed by atoms with Crippen LogP contribution >= 0.6 is 0 Å². The summed E-state index contributed by atoms with van der Waals surface area (Å²) in [6.07, 6.45) is 7.22. The van der Waals surface area contributed by atoms with Crippen LogP contribution in [0.15, 0.2) is 70.4 Å². The molecule has 0 unspecified atom stereocenters. The van der Waals surface area contributed by atoms with Crippen molar-refractivity contribution in [3.05, 3.63) is 93.0 Å². The predicted octanol–water partition coefficient (Wildman–Crippen LogP) is 5.17. The Hall–Kier alpha value is -4.35. The van der Waals surface area contributed by atoms with E-state index in [-0.39, 0.29) is 17.1 Å². The van der Waals surface area contributed by atoms with Crippen molar-refractivity contribution in [1.29, 1.82) is 0 Å². The highest BCUT2D eigenvalue weighted by molar-refractivity contribution is 5.76. The summed E-state index contributed by atoms with van der Waals surface area (Å²) in [4.78, 5) is 48.2. The van der Waals surface area contributed by atoms with Crippen LogP contribution < -0.4 is 16.6 Å². The number of piperazine rings is 1. The summed E-state index contributed by atoms with van der Waals surface area (Å²) in [5.41, 5.74) is 2.64. The largest absolute Gasteiger partial charge is 0.465 e. The van der Waals surface area contributed by atoms with E-state index in [1.54, 1.807) is 6.07 Å². The number of nitrogens with one attached hydrogen (secondary N) is 1. The van der Waals surface area contributed by atoms with Gasteiger partial charge in [-0.15, -0.1) is 0 Å². The normalized spacial score (nSPS) is 21.3. The van der Waals surface area contributed by atoms with Gasteiger partial charge in [0, 0.05) is 50.8 Å². The Morgan fingerprint density at radius 1 is 0.872 bits per heavy atom. The maximum absolute atomic E-state index is 14.4. The molecule has 3 aliphatic rings. The van der Waals surface area contributed by atoms with Gasteiger partial charge in [-0.05, 0) is 73.4 Å². The van der Waals surface area contributed by atoms with Crippen molar-refractivity contribution in [1.82, 2.24) is 29.2 Å². The minimum Gasteiger partial charge on any atom is -0.465 e. The molecule has 2 aromatic heterocycles. The number of aromatic nitrogens is 3. The molecule has 1 aliphatic heterocycles. The molecule has 246 valence electrons. The number of carboxylic acid groups (broad SMARTS) is 1. The number of carbonyl (C=O) groups is 1. The van der Waals surface area contributed by atoms with Gasteiger partial charge >= 0.3 is 11.8 Å². The van der Waals surface area contributed by atoms with Crippen LogP contribution in [0, 0.1) is 5.82 Å². The Kier molecular flexibility index (Phi) is 8.92. The quantitative estimate of drug-likeness (QED) is 0.287.